The van der Waals surface area contributed by atoms with Crippen LogP contribution in [0.25, 0.3) is 0 Å². The van der Waals surface area contributed by atoms with Gasteiger partial charge in [-0.1, -0.05) is 6.07 Å². The topological polar surface area (TPSA) is 102 Å². The van der Waals surface area contributed by atoms with E-state index in [0.717, 1.165) is 0 Å². The van der Waals surface area contributed by atoms with Crippen LogP contribution in [0.1, 0.15) is 21.7 Å². The maximum atomic E-state index is 12.4. The van der Waals surface area contributed by atoms with Crippen molar-refractivity contribution >= 4 is 15.8 Å². The number of aromatic carboxylic acids is 1. The highest BCUT2D eigenvalue weighted by Crippen LogP contribution is 2.21. The summed E-state index contributed by atoms with van der Waals surface area (Å²) in [5, 5.41) is 12.8. The third kappa shape index (κ3) is 2.69. The number of carboxylic acids is 1. The van der Waals surface area contributed by atoms with E-state index in [2.05, 4.69) is 10.1 Å². The summed E-state index contributed by atoms with van der Waals surface area (Å²) in [5.74, 6) is -1.20. The fraction of sp³-hybridized carbons (Fsp3) is 0.250. The highest BCUT2D eigenvalue weighted by molar-refractivity contribution is 7.90. The summed E-state index contributed by atoms with van der Waals surface area (Å²) in [6.45, 7) is 1.62. The lowest BCUT2D eigenvalue weighted by Gasteiger charge is -2.08. The molecule has 7 nitrogen and oxygen atoms in total. The molecule has 0 saturated carbocycles. The van der Waals surface area contributed by atoms with Crippen LogP contribution in [0.4, 0.5) is 0 Å². The van der Waals surface area contributed by atoms with Crippen molar-refractivity contribution in [2.75, 3.05) is 0 Å². The fourth-order valence-corrected chi connectivity index (χ4v) is 3.39. The van der Waals surface area contributed by atoms with Crippen LogP contribution < -0.4 is 0 Å². The van der Waals surface area contributed by atoms with Gasteiger partial charge in [0.1, 0.15) is 17.9 Å². The highest BCUT2D eigenvalue weighted by Gasteiger charge is 2.21. The van der Waals surface area contributed by atoms with Gasteiger partial charge in [-0.2, -0.15) is 5.10 Å². The van der Waals surface area contributed by atoms with E-state index in [1.165, 1.54) is 29.2 Å². The first-order chi connectivity index (χ1) is 9.31. The second-order valence-corrected chi connectivity index (χ2v) is 6.30. The molecule has 2 rings (SSSR count). The first-order valence-corrected chi connectivity index (χ1v) is 7.36. The van der Waals surface area contributed by atoms with Crippen LogP contribution >= 0.6 is 0 Å². The lowest BCUT2D eigenvalue weighted by Crippen LogP contribution is -2.12. The van der Waals surface area contributed by atoms with Crippen molar-refractivity contribution in [3.05, 3.63) is 41.5 Å². The summed E-state index contributed by atoms with van der Waals surface area (Å²) in [7, 11) is -2.08. The predicted molar refractivity (Wildman–Crippen MR) is 70.0 cm³/mol. The molecule has 1 N–H and O–H groups in total. The third-order valence-corrected chi connectivity index (χ3v) is 4.64. The molecule has 2 aromatic rings. The summed E-state index contributed by atoms with van der Waals surface area (Å²) in [6.07, 6.45) is 1.27. The zero-order valence-corrected chi connectivity index (χ0v) is 11.8. The molecule has 106 valence electrons. The van der Waals surface area contributed by atoms with Crippen molar-refractivity contribution in [1.82, 2.24) is 14.8 Å². The van der Waals surface area contributed by atoms with E-state index >= 15 is 0 Å². The molecule has 0 spiro atoms. The van der Waals surface area contributed by atoms with E-state index in [-0.39, 0.29) is 16.2 Å². The number of benzene rings is 1. The van der Waals surface area contributed by atoms with Gasteiger partial charge in [-0.15, -0.1) is 0 Å². The van der Waals surface area contributed by atoms with Crippen LogP contribution in [0.2, 0.25) is 0 Å². The van der Waals surface area contributed by atoms with Gasteiger partial charge >= 0.3 is 5.97 Å². The Morgan fingerprint density at radius 2 is 2.10 bits per heavy atom. The molecule has 0 saturated heterocycles. The van der Waals surface area contributed by atoms with Gasteiger partial charge in [0.05, 0.1) is 10.5 Å². The van der Waals surface area contributed by atoms with Crippen molar-refractivity contribution < 1.29 is 18.3 Å². The van der Waals surface area contributed by atoms with E-state index in [1.54, 1.807) is 14.0 Å². The van der Waals surface area contributed by atoms with Gasteiger partial charge in [0, 0.05) is 7.05 Å². The first kappa shape index (κ1) is 14.2. The maximum absolute atomic E-state index is 12.4. The molecule has 0 bridgehead atoms. The van der Waals surface area contributed by atoms with Gasteiger partial charge in [0.2, 0.25) is 0 Å². The molecule has 1 heterocycles. The van der Waals surface area contributed by atoms with Crippen LogP contribution in [0.3, 0.4) is 0 Å². The summed E-state index contributed by atoms with van der Waals surface area (Å²) in [5.41, 5.74) is 0.435. The van der Waals surface area contributed by atoms with Crippen molar-refractivity contribution in [2.24, 2.45) is 7.05 Å². The molecule has 0 amide bonds. The highest BCUT2D eigenvalue weighted by atomic mass is 32.2. The van der Waals surface area contributed by atoms with Crippen molar-refractivity contribution in [3.8, 4) is 0 Å². The number of aryl methyl sites for hydroxylation is 2. The number of hydrogen-bond acceptors (Lipinski definition) is 5. The molecule has 0 aliphatic heterocycles. The summed E-state index contributed by atoms with van der Waals surface area (Å²) >= 11 is 0. The Bertz CT molecular complexity index is 765. The van der Waals surface area contributed by atoms with Gasteiger partial charge in [-0.05, 0) is 24.6 Å². The van der Waals surface area contributed by atoms with Gasteiger partial charge < -0.3 is 5.11 Å². The van der Waals surface area contributed by atoms with Gasteiger partial charge in [-0.25, -0.2) is 18.2 Å². The quantitative estimate of drug-likeness (QED) is 0.895. The van der Waals surface area contributed by atoms with E-state index < -0.39 is 15.8 Å². The Hall–Kier alpha value is -2.22. The largest absolute Gasteiger partial charge is 0.478 e. The van der Waals surface area contributed by atoms with E-state index in [9.17, 15) is 13.2 Å². The van der Waals surface area contributed by atoms with E-state index in [1.807, 2.05) is 0 Å². The molecule has 0 aliphatic carbocycles. The summed E-state index contributed by atoms with van der Waals surface area (Å²) in [4.78, 5) is 14.8. The van der Waals surface area contributed by atoms with Crippen LogP contribution in [0.15, 0.2) is 29.4 Å². The smallest absolute Gasteiger partial charge is 0.335 e. The summed E-state index contributed by atoms with van der Waals surface area (Å²) in [6, 6.07) is 4.02. The molecule has 0 radical (unpaired) electrons. The minimum atomic E-state index is -3.68. The average molecular weight is 295 g/mol. The normalized spacial score (nSPS) is 11.5. The van der Waals surface area contributed by atoms with Crippen LogP contribution in [-0.4, -0.2) is 34.3 Å². The third-order valence-electron chi connectivity index (χ3n) is 2.89. The molecule has 0 aliphatic rings. The Balaban J connectivity index is 2.46. The van der Waals surface area contributed by atoms with Crippen LogP contribution in [-0.2, 0) is 22.6 Å². The SMILES string of the molecule is Cc1ccc(C(=O)O)cc1S(=O)(=O)Cc1ncnn1C. The standard InChI is InChI=1S/C12H13N3O4S/c1-8-3-4-9(12(16)17)5-10(8)20(18,19)6-11-13-7-14-15(11)2/h3-5,7H,6H2,1-2H3,(H,16,17). The van der Waals surface area contributed by atoms with Gasteiger partial charge in [0.15, 0.2) is 9.84 Å². The molecular weight excluding hydrogens is 282 g/mol. The van der Waals surface area contributed by atoms with Gasteiger partial charge in [0.25, 0.3) is 0 Å². The molecule has 20 heavy (non-hydrogen) atoms. The maximum Gasteiger partial charge on any atom is 0.335 e. The second-order valence-electron chi connectivity index (χ2n) is 4.34. The fourth-order valence-electron chi connectivity index (χ4n) is 1.77. The molecule has 1 aromatic carbocycles. The molecular formula is C12H13N3O4S. The zero-order chi connectivity index (χ0) is 14.9. The number of hydrogen-bond donors (Lipinski definition) is 1. The number of nitrogens with zero attached hydrogens (tertiary/aromatic N) is 3. The Kier molecular flexibility index (Phi) is 3.58. The lowest BCUT2D eigenvalue weighted by molar-refractivity contribution is 0.0696. The molecule has 0 fully saturated rings. The number of rotatable bonds is 4. The average Bonchev–Trinajstić information content (AvgIpc) is 2.74. The van der Waals surface area contributed by atoms with Crippen molar-refractivity contribution in [2.45, 2.75) is 17.6 Å². The van der Waals surface area contributed by atoms with E-state index in [0.29, 0.717) is 11.4 Å². The summed E-state index contributed by atoms with van der Waals surface area (Å²) < 4.78 is 26.1. The van der Waals surface area contributed by atoms with E-state index in [4.69, 9.17) is 5.11 Å². The number of carboxylic acid groups (broad SMARTS) is 1. The van der Waals surface area contributed by atoms with Crippen LogP contribution in [0, 0.1) is 6.92 Å². The predicted octanol–water partition coefficient (Wildman–Crippen LogP) is 0.796. The molecule has 8 heteroatoms. The lowest BCUT2D eigenvalue weighted by atomic mass is 10.1. The van der Waals surface area contributed by atoms with Crippen LogP contribution in [0.5, 0.6) is 0 Å². The molecule has 1 aromatic heterocycles. The minimum absolute atomic E-state index is 0.000370. The number of sulfone groups is 1. The molecule has 0 atom stereocenters. The van der Waals surface area contributed by atoms with Gasteiger partial charge in [-0.3, -0.25) is 4.68 Å². The Morgan fingerprint density at radius 3 is 2.65 bits per heavy atom. The second kappa shape index (κ2) is 5.04. The monoisotopic (exact) mass is 295 g/mol. The zero-order valence-electron chi connectivity index (χ0n) is 10.9. The minimum Gasteiger partial charge on any atom is -0.478 e. The molecule has 0 unspecified atom stereocenters. The Morgan fingerprint density at radius 1 is 1.40 bits per heavy atom. The van der Waals surface area contributed by atoms with Crippen molar-refractivity contribution in [3.63, 3.8) is 0 Å². The van der Waals surface area contributed by atoms with Crippen molar-refractivity contribution in [1.29, 1.82) is 0 Å². The first-order valence-electron chi connectivity index (χ1n) is 5.71. The number of carbonyl (C=O) groups is 1. The Labute approximate surface area is 115 Å². The number of aromatic nitrogens is 3.